The van der Waals surface area contributed by atoms with Gasteiger partial charge in [0.1, 0.15) is 5.76 Å². The van der Waals surface area contributed by atoms with Gasteiger partial charge in [-0.1, -0.05) is 12.0 Å². The lowest BCUT2D eigenvalue weighted by Crippen LogP contribution is -1.99. The number of oxazole rings is 1. The van der Waals surface area contributed by atoms with E-state index in [1.165, 1.54) is 0 Å². The van der Waals surface area contributed by atoms with Crippen molar-refractivity contribution >= 4 is 5.69 Å². The first-order chi connectivity index (χ1) is 8.19. The average molecular weight is 226 g/mol. The molecule has 0 saturated heterocycles. The lowest BCUT2D eigenvalue weighted by atomic mass is 10.2. The molecule has 17 heavy (non-hydrogen) atoms. The van der Waals surface area contributed by atoms with Crippen LogP contribution in [0, 0.1) is 26.2 Å². The Kier molecular flexibility index (Phi) is 3.15. The van der Waals surface area contributed by atoms with E-state index < -0.39 is 0 Å². The number of terminal acetylenes is 1. The van der Waals surface area contributed by atoms with E-state index in [1.54, 1.807) is 0 Å². The first kappa shape index (κ1) is 11.3. The van der Waals surface area contributed by atoms with Crippen molar-refractivity contribution in [3.05, 3.63) is 47.2 Å². The van der Waals surface area contributed by atoms with Crippen molar-refractivity contribution in [2.24, 2.45) is 0 Å². The molecule has 0 aliphatic rings. The zero-order chi connectivity index (χ0) is 12.3. The Balaban J connectivity index is 2.05. The number of anilines is 1. The molecule has 0 saturated carbocycles. The van der Waals surface area contributed by atoms with Crippen LogP contribution in [0.2, 0.25) is 0 Å². The van der Waals surface area contributed by atoms with Gasteiger partial charge in [-0.2, -0.15) is 0 Å². The van der Waals surface area contributed by atoms with E-state index in [0.29, 0.717) is 12.4 Å². The molecule has 0 unspecified atom stereocenters. The third-order valence-corrected chi connectivity index (χ3v) is 2.55. The van der Waals surface area contributed by atoms with Gasteiger partial charge in [0.15, 0.2) is 0 Å². The molecule has 0 spiro atoms. The minimum atomic E-state index is 0.558. The summed E-state index contributed by atoms with van der Waals surface area (Å²) in [6, 6.07) is 7.69. The Hall–Kier alpha value is -2.21. The van der Waals surface area contributed by atoms with E-state index in [1.807, 2.05) is 38.1 Å². The molecule has 0 radical (unpaired) electrons. The van der Waals surface area contributed by atoms with Gasteiger partial charge in [-0.3, -0.25) is 0 Å². The van der Waals surface area contributed by atoms with E-state index in [4.69, 9.17) is 10.8 Å². The number of hydrogen-bond donors (Lipinski definition) is 1. The van der Waals surface area contributed by atoms with Crippen molar-refractivity contribution < 1.29 is 4.42 Å². The molecule has 0 aliphatic carbocycles. The van der Waals surface area contributed by atoms with Gasteiger partial charge in [0.2, 0.25) is 5.89 Å². The number of nitrogens with zero attached hydrogens (tertiary/aromatic N) is 1. The maximum atomic E-state index is 5.48. The fourth-order valence-electron chi connectivity index (χ4n) is 1.51. The molecule has 1 aromatic heterocycles. The third-order valence-electron chi connectivity index (χ3n) is 2.55. The van der Waals surface area contributed by atoms with E-state index in [0.717, 1.165) is 22.7 Å². The van der Waals surface area contributed by atoms with Crippen LogP contribution < -0.4 is 5.32 Å². The van der Waals surface area contributed by atoms with Crippen LogP contribution in [0.15, 0.2) is 28.7 Å². The average Bonchev–Trinajstić information content (AvgIpc) is 2.67. The molecule has 3 nitrogen and oxygen atoms in total. The van der Waals surface area contributed by atoms with Crippen molar-refractivity contribution in [1.29, 1.82) is 0 Å². The van der Waals surface area contributed by atoms with E-state index in [2.05, 4.69) is 16.2 Å². The summed E-state index contributed by atoms with van der Waals surface area (Å²) in [5.74, 6) is 4.15. The predicted molar refractivity (Wildman–Crippen MR) is 67.7 cm³/mol. The molecule has 0 fully saturated rings. The van der Waals surface area contributed by atoms with Gasteiger partial charge < -0.3 is 9.73 Å². The summed E-state index contributed by atoms with van der Waals surface area (Å²) in [5.41, 5.74) is 2.75. The van der Waals surface area contributed by atoms with Crippen molar-refractivity contribution in [2.45, 2.75) is 20.4 Å². The molecule has 0 bridgehead atoms. The molecule has 2 rings (SSSR count). The van der Waals surface area contributed by atoms with Gasteiger partial charge in [-0.25, -0.2) is 4.98 Å². The van der Waals surface area contributed by atoms with Gasteiger partial charge in [0.05, 0.1) is 12.2 Å². The summed E-state index contributed by atoms with van der Waals surface area (Å²) < 4.78 is 5.48. The first-order valence-corrected chi connectivity index (χ1v) is 5.42. The minimum Gasteiger partial charge on any atom is -0.444 e. The van der Waals surface area contributed by atoms with Gasteiger partial charge >= 0.3 is 0 Å². The predicted octanol–water partition coefficient (Wildman–Crippen LogP) is 2.88. The Bertz CT molecular complexity index is 544. The third kappa shape index (κ3) is 2.67. The van der Waals surface area contributed by atoms with Gasteiger partial charge in [0.25, 0.3) is 0 Å². The van der Waals surface area contributed by atoms with Crippen LogP contribution in [0.25, 0.3) is 0 Å². The lowest BCUT2D eigenvalue weighted by Gasteiger charge is -2.03. The van der Waals surface area contributed by atoms with Gasteiger partial charge in [0, 0.05) is 11.3 Å². The topological polar surface area (TPSA) is 38.1 Å². The number of hydrogen-bond acceptors (Lipinski definition) is 3. The fraction of sp³-hybridized carbons (Fsp3) is 0.214. The second kappa shape index (κ2) is 4.75. The zero-order valence-corrected chi connectivity index (χ0v) is 9.95. The smallest absolute Gasteiger partial charge is 0.213 e. The highest BCUT2D eigenvalue weighted by molar-refractivity contribution is 5.49. The number of benzene rings is 1. The second-order valence-electron chi connectivity index (χ2n) is 3.83. The quantitative estimate of drug-likeness (QED) is 0.818. The summed E-state index contributed by atoms with van der Waals surface area (Å²) in [4.78, 5) is 4.30. The monoisotopic (exact) mass is 226 g/mol. The Morgan fingerprint density at radius 2 is 2.24 bits per heavy atom. The summed E-state index contributed by atoms with van der Waals surface area (Å²) in [6.45, 7) is 4.40. The number of rotatable bonds is 3. The van der Waals surface area contributed by atoms with Crippen LogP contribution in [0.5, 0.6) is 0 Å². The summed E-state index contributed by atoms with van der Waals surface area (Å²) in [7, 11) is 0. The van der Waals surface area contributed by atoms with Crippen LogP contribution >= 0.6 is 0 Å². The molecule has 3 heteroatoms. The highest BCUT2D eigenvalue weighted by atomic mass is 16.4. The minimum absolute atomic E-state index is 0.558. The van der Waals surface area contributed by atoms with E-state index >= 15 is 0 Å². The summed E-state index contributed by atoms with van der Waals surface area (Å²) >= 11 is 0. The Morgan fingerprint density at radius 3 is 2.88 bits per heavy atom. The van der Waals surface area contributed by atoms with E-state index in [9.17, 15) is 0 Å². The normalized spacial score (nSPS) is 9.94. The molecule has 0 atom stereocenters. The second-order valence-corrected chi connectivity index (χ2v) is 3.83. The van der Waals surface area contributed by atoms with Crippen LogP contribution in [0.4, 0.5) is 5.69 Å². The summed E-state index contributed by atoms with van der Waals surface area (Å²) in [5, 5.41) is 3.22. The highest BCUT2D eigenvalue weighted by Crippen LogP contribution is 2.13. The molecule has 2 aromatic rings. The number of aromatic nitrogens is 1. The van der Waals surface area contributed by atoms with Crippen molar-refractivity contribution in [3.63, 3.8) is 0 Å². The fourth-order valence-corrected chi connectivity index (χ4v) is 1.51. The Morgan fingerprint density at radius 1 is 1.41 bits per heavy atom. The lowest BCUT2D eigenvalue weighted by molar-refractivity contribution is 0.478. The van der Waals surface area contributed by atoms with E-state index in [-0.39, 0.29) is 0 Å². The maximum absolute atomic E-state index is 5.48. The van der Waals surface area contributed by atoms with Gasteiger partial charge in [-0.05, 0) is 32.0 Å². The Labute approximate surface area is 101 Å². The van der Waals surface area contributed by atoms with Crippen molar-refractivity contribution in [2.75, 3.05) is 5.32 Å². The molecule has 1 aromatic carbocycles. The van der Waals surface area contributed by atoms with Crippen LogP contribution in [0.1, 0.15) is 22.9 Å². The zero-order valence-electron chi connectivity index (χ0n) is 9.95. The maximum Gasteiger partial charge on any atom is 0.213 e. The molecule has 0 amide bonds. The number of aryl methyl sites for hydroxylation is 2. The molecular formula is C14H14N2O. The van der Waals surface area contributed by atoms with Crippen LogP contribution in [-0.4, -0.2) is 4.98 Å². The van der Waals surface area contributed by atoms with Crippen LogP contribution in [-0.2, 0) is 6.54 Å². The van der Waals surface area contributed by atoms with Crippen LogP contribution in [0.3, 0.4) is 0 Å². The molecular weight excluding hydrogens is 212 g/mol. The van der Waals surface area contributed by atoms with Crippen molar-refractivity contribution in [1.82, 2.24) is 4.98 Å². The molecule has 1 N–H and O–H groups in total. The molecule has 0 aliphatic heterocycles. The molecule has 86 valence electrons. The largest absolute Gasteiger partial charge is 0.444 e. The highest BCUT2D eigenvalue weighted by Gasteiger charge is 2.04. The van der Waals surface area contributed by atoms with Gasteiger partial charge in [-0.15, -0.1) is 6.42 Å². The SMILES string of the molecule is C#Cc1cccc(NCc2nc(C)c(C)o2)c1. The first-order valence-electron chi connectivity index (χ1n) is 5.42. The number of nitrogens with one attached hydrogen (secondary N) is 1. The summed E-state index contributed by atoms with van der Waals surface area (Å²) in [6.07, 6.45) is 5.34. The van der Waals surface area contributed by atoms with Crippen molar-refractivity contribution in [3.8, 4) is 12.3 Å². The molecule has 1 heterocycles. The standard InChI is InChI=1S/C14H14N2O/c1-4-12-6-5-7-13(8-12)15-9-14-16-10(2)11(3)17-14/h1,5-8,15H,9H2,2-3H3.